The van der Waals surface area contributed by atoms with Gasteiger partial charge in [0.2, 0.25) is 0 Å². The molecule has 0 aromatic carbocycles. The number of hydrogen-bond donors (Lipinski definition) is 1. The highest BCUT2D eigenvalue weighted by atomic mass is 16.1. The molecule has 1 aliphatic rings. The van der Waals surface area contributed by atoms with E-state index in [9.17, 15) is 4.79 Å². The molecule has 1 aromatic heterocycles. The highest BCUT2D eigenvalue weighted by Gasteiger charge is 2.17. The lowest BCUT2D eigenvalue weighted by atomic mass is 10.2. The summed E-state index contributed by atoms with van der Waals surface area (Å²) in [5.41, 5.74) is 7.03. The van der Waals surface area contributed by atoms with Gasteiger partial charge in [0.25, 0.3) is 5.56 Å². The summed E-state index contributed by atoms with van der Waals surface area (Å²) in [6, 6.07) is 1.93. The Hall–Kier alpha value is -1.45. The minimum absolute atomic E-state index is 0.0886. The Labute approximate surface area is 89.3 Å². The predicted molar refractivity (Wildman–Crippen MR) is 62.3 cm³/mol. The molecular formula is C11H17N3O. The minimum Gasteiger partial charge on any atom is -0.394 e. The van der Waals surface area contributed by atoms with Crippen molar-refractivity contribution in [3.63, 3.8) is 0 Å². The average Bonchev–Trinajstić information content (AvgIpc) is 2.07. The van der Waals surface area contributed by atoms with Gasteiger partial charge in [-0.2, -0.15) is 0 Å². The normalized spacial score (nSPS) is 15.5. The van der Waals surface area contributed by atoms with Crippen molar-refractivity contribution < 1.29 is 0 Å². The molecule has 1 aliphatic heterocycles. The van der Waals surface area contributed by atoms with E-state index in [0.717, 1.165) is 18.8 Å². The zero-order chi connectivity index (χ0) is 11.0. The molecule has 1 saturated heterocycles. The van der Waals surface area contributed by atoms with E-state index in [0.29, 0.717) is 5.69 Å². The van der Waals surface area contributed by atoms with Crippen molar-refractivity contribution in [3.8, 4) is 0 Å². The van der Waals surface area contributed by atoms with Gasteiger partial charge < -0.3 is 15.2 Å². The van der Waals surface area contributed by atoms with Gasteiger partial charge in [-0.3, -0.25) is 4.79 Å². The van der Waals surface area contributed by atoms with E-state index in [4.69, 9.17) is 5.73 Å². The third kappa shape index (κ3) is 1.71. The van der Waals surface area contributed by atoms with E-state index < -0.39 is 0 Å². The van der Waals surface area contributed by atoms with Crippen LogP contribution in [0, 0.1) is 0 Å². The Balaban J connectivity index is 2.45. The molecule has 2 N–H and O–H groups in total. The molecule has 0 bridgehead atoms. The van der Waals surface area contributed by atoms with E-state index in [1.807, 2.05) is 20.0 Å². The van der Waals surface area contributed by atoms with E-state index in [1.54, 1.807) is 10.6 Å². The molecular weight excluding hydrogens is 190 g/mol. The highest BCUT2D eigenvalue weighted by Crippen LogP contribution is 2.21. The first-order valence-electron chi connectivity index (χ1n) is 5.36. The number of aromatic nitrogens is 1. The molecule has 15 heavy (non-hydrogen) atoms. The first-order valence-corrected chi connectivity index (χ1v) is 5.36. The van der Waals surface area contributed by atoms with E-state index in [-0.39, 0.29) is 11.6 Å². The number of rotatable bonds is 2. The van der Waals surface area contributed by atoms with Gasteiger partial charge in [-0.15, -0.1) is 0 Å². The molecule has 82 valence electrons. The number of nitrogen functional groups attached to an aromatic ring is 1. The van der Waals surface area contributed by atoms with Gasteiger partial charge in [0.1, 0.15) is 0 Å². The summed E-state index contributed by atoms with van der Waals surface area (Å²) in [5, 5.41) is 0. The molecule has 1 fully saturated rings. The molecule has 0 saturated carbocycles. The lowest BCUT2D eigenvalue weighted by Gasteiger charge is -2.33. The van der Waals surface area contributed by atoms with E-state index >= 15 is 0 Å². The Morgan fingerprint density at radius 3 is 2.53 bits per heavy atom. The van der Waals surface area contributed by atoms with Crippen LogP contribution in [0.25, 0.3) is 0 Å². The van der Waals surface area contributed by atoms with Crippen molar-refractivity contribution in [1.82, 2.24) is 4.57 Å². The first kappa shape index (κ1) is 10.1. The number of nitrogens with zero attached hydrogens (tertiary/aromatic N) is 2. The summed E-state index contributed by atoms with van der Waals surface area (Å²) in [6.07, 6.45) is 3.13. The van der Waals surface area contributed by atoms with Crippen LogP contribution in [0.5, 0.6) is 0 Å². The zero-order valence-electron chi connectivity index (χ0n) is 9.23. The van der Waals surface area contributed by atoms with Crippen LogP contribution in [-0.2, 0) is 0 Å². The molecule has 2 heterocycles. The maximum atomic E-state index is 11.7. The number of hydrogen-bond acceptors (Lipinski definition) is 3. The Bertz CT molecular complexity index is 418. The second-order valence-electron chi connectivity index (χ2n) is 4.30. The van der Waals surface area contributed by atoms with Gasteiger partial charge in [0.15, 0.2) is 0 Å². The Kier molecular flexibility index (Phi) is 2.42. The van der Waals surface area contributed by atoms with Crippen LogP contribution >= 0.6 is 0 Å². The smallest absolute Gasteiger partial charge is 0.274 e. The maximum Gasteiger partial charge on any atom is 0.274 e. The second-order valence-corrected chi connectivity index (χ2v) is 4.30. The van der Waals surface area contributed by atoms with Crippen molar-refractivity contribution in [2.75, 3.05) is 23.7 Å². The quantitative estimate of drug-likeness (QED) is 0.793. The highest BCUT2D eigenvalue weighted by molar-refractivity contribution is 5.55. The van der Waals surface area contributed by atoms with Gasteiger partial charge in [0, 0.05) is 25.3 Å². The zero-order valence-corrected chi connectivity index (χ0v) is 9.23. The average molecular weight is 207 g/mol. The number of nitrogens with two attached hydrogens (primary N) is 1. The van der Waals surface area contributed by atoms with E-state index in [2.05, 4.69) is 4.90 Å². The van der Waals surface area contributed by atoms with Crippen LogP contribution in [-0.4, -0.2) is 17.7 Å². The van der Waals surface area contributed by atoms with Gasteiger partial charge in [0.05, 0.1) is 11.4 Å². The largest absolute Gasteiger partial charge is 0.394 e. The third-order valence-corrected chi connectivity index (χ3v) is 2.83. The summed E-state index contributed by atoms with van der Waals surface area (Å²) in [6.45, 7) is 6.10. The summed E-state index contributed by atoms with van der Waals surface area (Å²) in [4.78, 5) is 13.9. The topological polar surface area (TPSA) is 51.3 Å². The molecule has 0 amide bonds. The number of anilines is 2. The Morgan fingerprint density at radius 2 is 2.07 bits per heavy atom. The van der Waals surface area contributed by atoms with E-state index in [1.165, 1.54) is 6.42 Å². The standard InChI is InChI=1S/C11H17N3O/c1-8(2)14-7-9(13-4-3-5-13)6-10(12)11(14)15/h6-8H,3-5,12H2,1-2H3. The molecule has 4 nitrogen and oxygen atoms in total. The van der Waals surface area contributed by atoms with Gasteiger partial charge in [-0.1, -0.05) is 0 Å². The summed E-state index contributed by atoms with van der Waals surface area (Å²) >= 11 is 0. The lowest BCUT2D eigenvalue weighted by Crippen LogP contribution is -2.38. The molecule has 0 radical (unpaired) electrons. The first-order chi connectivity index (χ1) is 7.09. The summed E-state index contributed by atoms with van der Waals surface area (Å²) < 4.78 is 1.70. The SMILES string of the molecule is CC(C)n1cc(N2CCC2)cc(N)c1=O. The number of pyridine rings is 1. The van der Waals surface area contributed by atoms with Crippen molar-refractivity contribution in [2.24, 2.45) is 0 Å². The summed E-state index contributed by atoms with van der Waals surface area (Å²) in [7, 11) is 0. The van der Waals surface area contributed by atoms with Crippen LogP contribution in [0.15, 0.2) is 17.1 Å². The van der Waals surface area contributed by atoms with Crippen molar-refractivity contribution in [3.05, 3.63) is 22.6 Å². The molecule has 1 aromatic rings. The van der Waals surface area contributed by atoms with Crippen LogP contribution in [0.1, 0.15) is 26.3 Å². The molecule has 0 spiro atoms. The van der Waals surface area contributed by atoms with Crippen LogP contribution < -0.4 is 16.2 Å². The van der Waals surface area contributed by atoms with Crippen LogP contribution in [0.3, 0.4) is 0 Å². The maximum absolute atomic E-state index is 11.7. The fourth-order valence-corrected chi connectivity index (χ4v) is 1.74. The van der Waals surface area contributed by atoms with Crippen molar-refractivity contribution in [1.29, 1.82) is 0 Å². The molecule has 0 aliphatic carbocycles. The van der Waals surface area contributed by atoms with Crippen LogP contribution in [0.4, 0.5) is 11.4 Å². The second kappa shape index (κ2) is 3.61. The van der Waals surface area contributed by atoms with Crippen LogP contribution in [0.2, 0.25) is 0 Å². The predicted octanol–water partition coefficient (Wildman–Crippen LogP) is 1.22. The third-order valence-electron chi connectivity index (χ3n) is 2.83. The Morgan fingerprint density at radius 1 is 1.40 bits per heavy atom. The van der Waals surface area contributed by atoms with Gasteiger partial charge >= 0.3 is 0 Å². The monoisotopic (exact) mass is 207 g/mol. The lowest BCUT2D eigenvalue weighted by molar-refractivity contribution is 0.568. The summed E-state index contributed by atoms with van der Waals surface area (Å²) in [5.74, 6) is 0. The molecule has 0 atom stereocenters. The van der Waals surface area contributed by atoms with Gasteiger partial charge in [-0.25, -0.2) is 0 Å². The van der Waals surface area contributed by atoms with Crippen molar-refractivity contribution >= 4 is 11.4 Å². The van der Waals surface area contributed by atoms with Gasteiger partial charge in [-0.05, 0) is 26.3 Å². The van der Waals surface area contributed by atoms with Crippen molar-refractivity contribution in [2.45, 2.75) is 26.3 Å². The molecule has 4 heteroatoms. The molecule has 0 unspecified atom stereocenters. The minimum atomic E-state index is -0.0886. The fraction of sp³-hybridized carbons (Fsp3) is 0.545. The molecule has 2 rings (SSSR count). The fourth-order valence-electron chi connectivity index (χ4n) is 1.74.